The molecular formula is C19H21N5O. The number of para-hydroxylation sites is 1. The molecule has 2 fully saturated rings. The number of aromatic amines is 1. The van der Waals surface area contributed by atoms with E-state index in [1.807, 2.05) is 18.2 Å². The van der Waals surface area contributed by atoms with Crippen molar-refractivity contribution in [2.45, 2.75) is 6.54 Å². The van der Waals surface area contributed by atoms with E-state index in [1.165, 1.54) is 31.9 Å². The maximum atomic E-state index is 10.0. The van der Waals surface area contributed by atoms with Crippen LogP contribution in [-0.4, -0.2) is 63.3 Å². The molecule has 0 bridgehead atoms. The first-order chi connectivity index (χ1) is 12.1. The van der Waals surface area contributed by atoms with Gasteiger partial charge in [0.05, 0.1) is 5.69 Å². The minimum atomic E-state index is 0.225. The Bertz CT molecular complexity index is 936. The Morgan fingerprint density at radius 3 is 2.68 bits per heavy atom. The Morgan fingerprint density at radius 1 is 1.12 bits per heavy atom. The molecule has 0 amide bonds. The SMILES string of the molecule is CN1CC2(C1)CN(Cc1cc3cc(-c4ccccc4O)nnc3[nH]1)C2. The second kappa shape index (κ2) is 5.28. The number of likely N-dealkylation sites (tertiary alicyclic amines) is 2. The van der Waals surface area contributed by atoms with Crippen LogP contribution in [0.1, 0.15) is 5.69 Å². The van der Waals surface area contributed by atoms with E-state index in [2.05, 4.69) is 38.1 Å². The van der Waals surface area contributed by atoms with Gasteiger partial charge in [0.25, 0.3) is 0 Å². The number of H-pyrrole nitrogens is 1. The monoisotopic (exact) mass is 335 g/mol. The van der Waals surface area contributed by atoms with Gasteiger partial charge in [0.15, 0.2) is 5.65 Å². The fourth-order valence-electron chi connectivity index (χ4n) is 4.45. The molecule has 6 heteroatoms. The summed E-state index contributed by atoms with van der Waals surface area (Å²) in [6, 6.07) is 11.3. The first kappa shape index (κ1) is 14.9. The molecule has 2 N–H and O–H groups in total. The normalized spacial score (nSPS) is 19.9. The number of aromatic hydroxyl groups is 1. The van der Waals surface area contributed by atoms with Crippen molar-refractivity contribution in [1.29, 1.82) is 0 Å². The lowest BCUT2D eigenvalue weighted by atomic mass is 9.73. The molecule has 2 saturated heterocycles. The number of nitrogens with one attached hydrogen (secondary N) is 1. The highest BCUT2D eigenvalue weighted by atomic mass is 16.3. The number of rotatable bonds is 3. The van der Waals surface area contributed by atoms with Gasteiger partial charge in [0.1, 0.15) is 5.75 Å². The molecule has 0 atom stereocenters. The summed E-state index contributed by atoms with van der Waals surface area (Å²) in [5.74, 6) is 0.225. The molecule has 1 aromatic carbocycles. The van der Waals surface area contributed by atoms with E-state index in [0.29, 0.717) is 16.7 Å². The van der Waals surface area contributed by atoms with Crippen LogP contribution in [0.25, 0.3) is 22.3 Å². The molecule has 0 aliphatic carbocycles. The van der Waals surface area contributed by atoms with Crippen LogP contribution in [0.3, 0.4) is 0 Å². The molecule has 5 rings (SSSR count). The van der Waals surface area contributed by atoms with E-state index < -0.39 is 0 Å². The van der Waals surface area contributed by atoms with Crippen LogP contribution in [0.2, 0.25) is 0 Å². The standard InChI is InChI=1S/C19H21N5O/c1-23-9-19(10-23)11-24(12-19)8-14-6-13-7-16(21-22-18(13)20-14)15-4-2-3-5-17(15)25/h2-7,25H,8-12H2,1H3,(H,20,22). The molecule has 2 aliphatic rings. The summed E-state index contributed by atoms with van der Waals surface area (Å²) in [6.07, 6.45) is 0. The highest BCUT2D eigenvalue weighted by Gasteiger charge is 2.49. The smallest absolute Gasteiger partial charge is 0.160 e. The number of nitrogens with zero attached hydrogens (tertiary/aromatic N) is 4. The van der Waals surface area contributed by atoms with Crippen molar-refractivity contribution >= 4 is 11.0 Å². The Balaban J connectivity index is 1.35. The van der Waals surface area contributed by atoms with Crippen LogP contribution < -0.4 is 0 Å². The van der Waals surface area contributed by atoms with Crippen molar-refractivity contribution in [1.82, 2.24) is 25.0 Å². The van der Waals surface area contributed by atoms with Gasteiger partial charge in [-0.3, -0.25) is 4.90 Å². The third-order valence-corrected chi connectivity index (χ3v) is 5.33. The van der Waals surface area contributed by atoms with Crippen LogP contribution in [0.5, 0.6) is 5.75 Å². The molecule has 0 radical (unpaired) electrons. The molecule has 3 aromatic rings. The fourth-order valence-corrected chi connectivity index (χ4v) is 4.45. The van der Waals surface area contributed by atoms with Gasteiger partial charge < -0.3 is 15.0 Å². The van der Waals surface area contributed by atoms with Crippen molar-refractivity contribution in [2.75, 3.05) is 33.2 Å². The van der Waals surface area contributed by atoms with Gasteiger partial charge in [0.2, 0.25) is 0 Å². The van der Waals surface area contributed by atoms with Gasteiger partial charge in [-0.25, -0.2) is 0 Å². The van der Waals surface area contributed by atoms with E-state index in [1.54, 1.807) is 12.1 Å². The number of fused-ring (bicyclic) bond motifs is 1. The molecule has 2 aliphatic heterocycles. The summed E-state index contributed by atoms with van der Waals surface area (Å²) in [7, 11) is 2.19. The van der Waals surface area contributed by atoms with Gasteiger partial charge >= 0.3 is 0 Å². The summed E-state index contributed by atoms with van der Waals surface area (Å²) in [5.41, 5.74) is 3.92. The topological polar surface area (TPSA) is 68.3 Å². The van der Waals surface area contributed by atoms with Crippen LogP contribution in [0.15, 0.2) is 36.4 Å². The van der Waals surface area contributed by atoms with Crippen LogP contribution in [0.4, 0.5) is 0 Å². The van der Waals surface area contributed by atoms with E-state index >= 15 is 0 Å². The average molecular weight is 335 g/mol. The number of phenols is 1. The molecule has 0 unspecified atom stereocenters. The van der Waals surface area contributed by atoms with E-state index in [4.69, 9.17) is 0 Å². The summed E-state index contributed by atoms with van der Waals surface area (Å²) in [5, 5.41) is 19.6. The van der Waals surface area contributed by atoms with Gasteiger partial charge in [-0.15, -0.1) is 10.2 Å². The Hall–Kier alpha value is -2.44. The molecule has 25 heavy (non-hydrogen) atoms. The number of aromatic nitrogens is 3. The van der Waals surface area contributed by atoms with Gasteiger partial charge in [-0.1, -0.05) is 12.1 Å². The Labute approximate surface area is 146 Å². The summed E-state index contributed by atoms with van der Waals surface area (Å²) in [6.45, 7) is 5.74. The lowest BCUT2D eigenvalue weighted by molar-refractivity contribution is -0.108. The fraction of sp³-hybridized carbons (Fsp3) is 0.368. The first-order valence-corrected chi connectivity index (χ1v) is 8.65. The minimum Gasteiger partial charge on any atom is -0.507 e. The molecule has 6 nitrogen and oxygen atoms in total. The number of hydrogen-bond donors (Lipinski definition) is 2. The maximum absolute atomic E-state index is 10.0. The van der Waals surface area contributed by atoms with Crippen molar-refractivity contribution in [3.8, 4) is 17.0 Å². The van der Waals surface area contributed by atoms with E-state index in [-0.39, 0.29) is 5.75 Å². The Morgan fingerprint density at radius 2 is 1.92 bits per heavy atom. The Kier molecular flexibility index (Phi) is 3.14. The third kappa shape index (κ3) is 2.49. The zero-order valence-electron chi connectivity index (χ0n) is 14.2. The predicted molar refractivity (Wildman–Crippen MR) is 96.2 cm³/mol. The van der Waals surface area contributed by atoms with Crippen LogP contribution in [-0.2, 0) is 6.54 Å². The number of hydrogen-bond acceptors (Lipinski definition) is 5. The van der Waals surface area contributed by atoms with Gasteiger partial charge in [0, 0.05) is 54.8 Å². The molecule has 1 spiro atoms. The zero-order valence-corrected chi connectivity index (χ0v) is 14.2. The van der Waals surface area contributed by atoms with E-state index in [0.717, 1.165) is 17.6 Å². The van der Waals surface area contributed by atoms with Crippen molar-refractivity contribution < 1.29 is 5.11 Å². The van der Waals surface area contributed by atoms with Crippen molar-refractivity contribution in [3.63, 3.8) is 0 Å². The second-order valence-corrected chi connectivity index (χ2v) is 7.66. The molecule has 4 heterocycles. The van der Waals surface area contributed by atoms with Gasteiger partial charge in [-0.2, -0.15) is 0 Å². The van der Waals surface area contributed by atoms with Gasteiger partial charge in [-0.05, 0) is 31.3 Å². The molecule has 2 aromatic heterocycles. The summed E-state index contributed by atoms with van der Waals surface area (Å²) in [4.78, 5) is 8.24. The highest BCUT2D eigenvalue weighted by molar-refractivity contribution is 5.81. The highest BCUT2D eigenvalue weighted by Crippen LogP contribution is 2.39. The first-order valence-electron chi connectivity index (χ1n) is 8.65. The molecular weight excluding hydrogens is 314 g/mol. The second-order valence-electron chi connectivity index (χ2n) is 7.66. The summed E-state index contributed by atoms with van der Waals surface area (Å²) >= 11 is 0. The van der Waals surface area contributed by atoms with Crippen LogP contribution in [0, 0.1) is 5.41 Å². The lowest BCUT2D eigenvalue weighted by Gasteiger charge is -2.59. The lowest BCUT2D eigenvalue weighted by Crippen LogP contribution is -2.70. The number of benzene rings is 1. The van der Waals surface area contributed by atoms with Crippen LogP contribution >= 0.6 is 0 Å². The number of phenolic OH excluding ortho intramolecular Hbond substituents is 1. The minimum absolute atomic E-state index is 0.225. The van der Waals surface area contributed by atoms with Crippen molar-refractivity contribution in [2.24, 2.45) is 5.41 Å². The maximum Gasteiger partial charge on any atom is 0.160 e. The quantitative estimate of drug-likeness (QED) is 0.767. The zero-order chi connectivity index (χ0) is 17.0. The largest absolute Gasteiger partial charge is 0.507 e. The summed E-state index contributed by atoms with van der Waals surface area (Å²) < 4.78 is 0. The van der Waals surface area contributed by atoms with Crippen molar-refractivity contribution in [3.05, 3.63) is 42.1 Å². The predicted octanol–water partition coefficient (Wildman–Crippen LogP) is 2.08. The molecule has 0 saturated carbocycles. The third-order valence-electron chi connectivity index (χ3n) is 5.33. The molecule has 128 valence electrons. The average Bonchev–Trinajstić information content (AvgIpc) is 2.93. The van der Waals surface area contributed by atoms with E-state index in [9.17, 15) is 5.11 Å².